The normalized spacial score (nSPS) is 18.3. The van der Waals surface area contributed by atoms with Gasteiger partial charge >= 0.3 is 0 Å². The summed E-state index contributed by atoms with van der Waals surface area (Å²) in [7, 11) is 3.41. The van der Waals surface area contributed by atoms with E-state index in [1.54, 1.807) is 14.2 Å². The molecule has 1 aliphatic rings. The fraction of sp³-hybridized carbons (Fsp3) is 0.333. The maximum Gasteiger partial charge on any atom is 0.170 e. The van der Waals surface area contributed by atoms with Gasteiger partial charge in [0.05, 0.1) is 31.5 Å². The molecule has 0 spiro atoms. The number of aromatic nitrogens is 2. The standard InChI is InChI=1S/C24H28N4O2S/c1-16-14-20(17(2)28(16)18-8-7-9-19(15-18)30-4)23-22(21-10-5-6-11-25-21)26-24(31)27(23)12-13-29-3/h5-11,14-15,22-23H,12-13H2,1-4H3,(H,26,31). The average Bonchev–Trinajstić information content (AvgIpc) is 3.27. The number of methoxy groups -OCH3 is 2. The van der Waals surface area contributed by atoms with E-state index in [9.17, 15) is 0 Å². The highest BCUT2D eigenvalue weighted by atomic mass is 32.1. The molecular weight excluding hydrogens is 408 g/mol. The summed E-state index contributed by atoms with van der Waals surface area (Å²) in [6.45, 7) is 5.60. The van der Waals surface area contributed by atoms with Gasteiger partial charge in [-0.3, -0.25) is 4.98 Å². The van der Waals surface area contributed by atoms with E-state index >= 15 is 0 Å². The summed E-state index contributed by atoms with van der Waals surface area (Å²) < 4.78 is 13.1. The van der Waals surface area contributed by atoms with E-state index in [2.05, 4.69) is 51.8 Å². The molecule has 1 saturated heterocycles. The predicted molar refractivity (Wildman–Crippen MR) is 126 cm³/mol. The molecule has 0 saturated carbocycles. The Bertz CT molecular complexity index is 1070. The van der Waals surface area contributed by atoms with Crippen LogP contribution in [-0.2, 0) is 4.74 Å². The van der Waals surface area contributed by atoms with Gasteiger partial charge in [-0.1, -0.05) is 12.1 Å². The smallest absolute Gasteiger partial charge is 0.170 e. The zero-order valence-corrected chi connectivity index (χ0v) is 19.1. The molecule has 2 atom stereocenters. The fourth-order valence-corrected chi connectivity index (χ4v) is 4.74. The molecule has 4 rings (SSSR count). The highest BCUT2D eigenvalue weighted by molar-refractivity contribution is 7.80. The number of rotatable bonds is 7. The zero-order chi connectivity index (χ0) is 22.0. The maximum absolute atomic E-state index is 5.73. The van der Waals surface area contributed by atoms with Gasteiger partial charge in [0.1, 0.15) is 5.75 Å². The number of nitrogens with zero attached hydrogens (tertiary/aromatic N) is 3. The van der Waals surface area contributed by atoms with Crippen LogP contribution in [0.3, 0.4) is 0 Å². The van der Waals surface area contributed by atoms with E-state index < -0.39 is 0 Å². The number of pyridine rings is 1. The van der Waals surface area contributed by atoms with Crippen LogP contribution in [0, 0.1) is 13.8 Å². The van der Waals surface area contributed by atoms with Crippen LogP contribution in [0.25, 0.3) is 5.69 Å². The van der Waals surface area contributed by atoms with Crippen molar-refractivity contribution in [1.82, 2.24) is 19.8 Å². The number of hydrogen-bond donors (Lipinski definition) is 1. The number of benzene rings is 1. The summed E-state index contributed by atoms with van der Waals surface area (Å²) in [5, 5.41) is 4.23. The molecule has 3 aromatic rings. The third kappa shape index (κ3) is 4.03. The maximum atomic E-state index is 5.73. The van der Waals surface area contributed by atoms with Crippen molar-refractivity contribution in [3.05, 3.63) is 77.4 Å². The third-order valence-corrected chi connectivity index (χ3v) is 6.19. The van der Waals surface area contributed by atoms with Crippen molar-refractivity contribution in [1.29, 1.82) is 0 Å². The number of thiocarbonyl (C=S) groups is 1. The lowest BCUT2D eigenvalue weighted by atomic mass is 9.97. The Morgan fingerprint density at radius 1 is 1.10 bits per heavy atom. The topological polar surface area (TPSA) is 51.5 Å². The Morgan fingerprint density at radius 3 is 2.65 bits per heavy atom. The molecule has 7 heteroatoms. The van der Waals surface area contributed by atoms with Gasteiger partial charge in [-0.15, -0.1) is 0 Å². The minimum absolute atomic E-state index is 0.0168. The molecule has 1 N–H and O–H groups in total. The molecule has 0 amide bonds. The van der Waals surface area contributed by atoms with Gasteiger partial charge in [0.15, 0.2) is 5.11 Å². The summed E-state index contributed by atoms with van der Waals surface area (Å²) in [5.41, 5.74) is 5.60. The first-order valence-corrected chi connectivity index (χ1v) is 10.8. The van der Waals surface area contributed by atoms with Crippen molar-refractivity contribution in [2.75, 3.05) is 27.4 Å². The molecule has 6 nitrogen and oxygen atoms in total. The lowest BCUT2D eigenvalue weighted by Gasteiger charge is -2.28. The SMILES string of the molecule is COCCN1C(=S)NC(c2ccccn2)C1c1cc(C)n(-c2cccc(OC)c2)c1C. The van der Waals surface area contributed by atoms with Gasteiger partial charge in [0.2, 0.25) is 0 Å². The second kappa shape index (κ2) is 9.08. The first-order valence-electron chi connectivity index (χ1n) is 10.4. The van der Waals surface area contributed by atoms with Crippen molar-refractivity contribution in [3.63, 3.8) is 0 Å². The highest BCUT2D eigenvalue weighted by Gasteiger charge is 2.41. The third-order valence-electron chi connectivity index (χ3n) is 5.83. The second-order valence-corrected chi connectivity index (χ2v) is 8.06. The molecule has 1 aliphatic heterocycles. The highest BCUT2D eigenvalue weighted by Crippen LogP contribution is 2.41. The molecule has 2 unspecified atom stereocenters. The minimum Gasteiger partial charge on any atom is -0.497 e. The average molecular weight is 437 g/mol. The van der Waals surface area contributed by atoms with Gasteiger partial charge in [-0.25, -0.2) is 0 Å². The Morgan fingerprint density at radius 2 is 1.94 bits per heavy atom. The van der Waals surface area contributed by atoms with Crippen LogP contribution >= 0.6 is 12.2 Å². The Hall–Kier alpha value is -2.90. The van der Waals surface area contributed by atoms with E-state index in [1.807, 2.05) is 36.5 Å². The number of hydrogen-bond acceptors (Lipinski definition) is 4. The van der Waals surface area contributed by atoms with Gasteiger partial charge in [0, 0.05) is 43.0 Å². The lowest BCUT2D eigenvalue weighted by Crippen LogP contribution is -2.32. The van der Waals surface area contributed by atoms with Gasteiger partial charge in [0.25, 0.3) is 0 Å². The van der Waals surface area contributed by atoms with Crippen LogP contribution in [0.4, 0.5) is 0 Å². The van der Waals surface area contributed by atoms with Crippen molar-refractivity contribution in [2.24, 2.45) is 0 Å². The molecular formula is C24H28N4O2S. The molecule has 1 aromatic carbocycles. The molecule has 2 aromatic heterocycles. The molecule has 162 valence electrons. The first-order chi connectivity index (χ1) is 15.0. The summed E-state index contributed by atoms with van der Waals surface area (Å²) in [5.74, 6) is 0.836. The monoisotopic (exact) mass is 436 g/mol. The van der Waals surface area contributed by atoms with Gasteiger partial charge < -0.3 is 24.3 Å². The van der Waals surface area contributed by atoms with Crippen LogP contribution in [-0.4, -0.2) is 46.9 Å². The zero-order valence-electron chi connectivity index (χ0n) is 18.3. The van der Waals surface area contributed by atoms with Crippen LogP contribution in [0.1, 0.15) is 34.7 Å². The summed E-state index contributed by atoms with van der Waals surface area (Å²) in [6.07, 6.45) is 1.83. The molecule has 0 bridgehead atoms. The number of nitrogens with one attached hydrogen (secondary N) is 1. The Balaban J connectivity index is 1.81. The molecule has 1 fully saturated rings. The van der Waals surface area contributed by atoms with Crippen molar-refractivity contribution < 1.29 is 9.47 Å². The van der Waals surface area contributed by atoms with Crippen LogP contribution in [0.2, 0.25) is 0 Å². The van der Waals surface area contributed by atoms with Gasteiger partial charge in [-0.2, -0.15) is 0 Å². The van der Waals surface area contributed by atoms with E-state index in [0.29, 0.717) is 13.2 Å². The number of ether oxygens (including phenoxy) is 2. The van der Waals surface area contributed by atoms with Crippen molar-refractivity contribution >= 4 is 17.3 Å². The first kappa shape index (κ1) is 21.3. The molecule has 0 radical (unpaired) electrons. The van der Waals surface area contributed by atoms with E-state index in [4.69, 9.17) is 21.7 Å². The van der Waals surface area contributed by atoms with E-state index in [-0.39, 0.29) is 12.1 Å². The summed E-state index contributed by atoms with van der Waals surface area (Å²) >= 11 is 5.73. The number of aryl methyl sites for hydroxylation is 1. The molecule has 3 heterocycles. The minimum atomic E-state index is -0.0372. The summed E-state index contributed by atoms with van der Waals surface area (Å²) in [6, 6.07) is 16.4. The fourth-order valence-electron chi connectivity index (χ4n) is 4.41. The van der Waals surface area contributed by atoms with Crippen LogP contribution in [0.15, 0.2) is 54.7 Å². The van der Waals surface area contributed by atoms with Crippen LogP contribution < -0.4 is 10.1 Å². The second-order valence-electron chi connectivity index (χ2n) is 7.68. The van der Waals surface area contributed by atoms with Crippen LogP contribution in [0.5, 0.6) is 5.75 Å². The Kier molecular flexibility index (Phi) is 6.25. The van der Waals surface area contributed by atoms with Crippen molar-refractivity contribution in [3.8, 4) is 11.4 Å². The Labute approximate surface area is 188 Å². The van der Waals surface area contributed by atoms with E-state index in [0.717, 1.165) is 27.9 Å². The molecule has 0 aliphatic carbocycles. The molecule has 31 heavy (non-hydrogen) atoms. The predicted octanol–water partition coefficient (Wildman–Crippen LogP) is 4.12. The van der Waals surface area contributed by atoms with Crippen molar-refractivity contribution in [2.45, 2.75) is 25.9 Å². The largest absolute Gasteiger partial charge is 0.497 e. The van der Waals surface area contributed by atoms with Gasteiger partial charge in [-0.05, 0) is 62.0 Å². The lowest BCUT2D eigenvalue weighted by molar-refractivity contribution is 0.164. The quantitative estimate of drug-likeness (QED) is 0.563. The van der Waals surface area contributed by atoms with E-state index in [1.165, 1.54) is 11.3 Å². The summed E-state index contributed by atoms with van der Waals surface area (Å²) in [4.78, 5) is 6.84.